The van der Waals surface area contributed by atoms with E-state index >= 15 is 0 Å². The van der Waals surface area contributed by atoms with Gasteiger partial charge in [-0.25, -0.2) is 0 Å². The minimum absolute atomic E-state index is 0.120. The Balaban J connectivity index is 2.01. The molecule has 0 saturated carbocycles. The number of rotatable bonds is 5. The fraction of sp³-hybridized carbons (Fsp3) is 0.389. The zero-order valence-corrected chi connectivity index (χ0v) is 16.6. The molecule has 0 amide bonds. The number of benzene rings is 1. The van der Waals surface area contributed by atoms with Crippen molar-refractivity contribution >= 4 is 39.6 Å². The Kier molecular flexibility index (Phi) is 6.25. The van der Waals surface area contributed by atoms with Gasteiger partial charge in [-0.1, -0.05) is 15.9 Å². The van der Waals surface area contributed by atoms with Crippen molar-refractivity contribution in [1.82, 2.24) is 9.55 Å². The third-order valence-electron chi connectivity index (χ3n) is 4.32. The smallest absolute Gasteiger partial charge is 0.265 e. The summed E-state index contributed by atoms with van der Waals surface area (Å²) in [6.07, 6.45) is 1.44. The normalized spacial score (nSPS) is 14.9. The number of aromatic nitrogens is 2. The van der Waals surface area contributed by atoms with Crippen LogP contribution in [0.3, 0.4) is 0 Å². The SMILES string of the molecule is Cc1cc(Br)ccc1N=Cc1c(N)nc(N2CCOCC2)n(CCO)c1=O. The second-order valence-corrected chi connectivity index (χ2v) is 7.10. The predicted octanol–water partition coefficient (Wildman–Crippen LogP) is 1.48. The van der Waals surface area contributed by atoms with Gasteiger partial charge in [-0.15, -0.1) is 0 Å². The van der Waals surface area contributed by atoms with Crippen LogP contribution in [0.5, 0.6) is 0 Å². The average Bonchev–Trinajstić information content (AvgIpc) is 2.66. The molecule has 0 unspecified atom stereocenters. The van der Waals surface area contributed by atoms with Crippen LogP contribution in [0.1, 0.15) is 11.1 Å². The number of morpholine rings is 1. The van der Waals surface area contributed by atoms with Crippen molar-refractivity contribution in [2.75, 3.05) is 43.5 Å². The van der Waals surface area contributed by atoms with Crippen LogP contribution >= 0.6 is 15.9 Å². The first-order valence-corrected chi connectivity index (χ1v) is 9.44. The van der Waals surface area contributed by atoms with E-state index in [0.717, 1.165) is 15.7 Å². The molecule has 8 nitrogen and oxygen atoms in total. The first-order chi connectivity index (χ1) is 13.0. The van der Waals surface area contributed by atoms with Crippen LogP contribution in [0, 0.1) is 6.92 Å². The van der Waals surface area contributed by atoms with Gasteiger partial charge in [-0.2, -0.15) is 4.98 Å². The van der Waals surface area contributed by atoms with E-state index in [1.165, 1.54) is 10.8 Å². The molecule has 1 aromatic heterocycles. The monoisotopic (exact) mass is 435 g/mol. The molecule has 1 fully saturated rings. The number of aliphatic hydroxyl groups excluding tert-OH is 1. The quantitative estimate of drug-likeness (QED) is 0.688. The summed E-state index contributed by atoms with van der Waals surface area (Å²) >= 11 is 3.42. The number of nitrogens with two attached hydrogens (primary N) is 1. The first-order valence-electron chi connectivity index (χ1n) is 8.65. The van der Waals surface area contributed by atoms with Crippen LogP contribution in [0.2, 0.25) is 0 Å². The van der Waals surface area contributed by atoms with Crippen molar-refractivity contribution in [3.8, 4) is 0 Å². The van der Waals surface area contributed by atoms with E-state index in [2.05, 4.69) is 25.9 Å². The highest BCUT2D eigenvalue weighted by molar-refractivity contribution is 9.10. The third-order valence-corrected chi connectivity index (χ3v) is 4.82. The van der Waals surface area contributed by atoms with Crippen molar-refractivity contribution in [2.45, 2.75) is 13.5 Å². The molecular weight excluding hydrogens is 414 g/mol. The number of hydrogen-bond donors (Lipinski definition) is 2. The van der Waals surface area contributed by atoms with E-state index in [0.29, 0.717) is 32.3 Å². The largest absolute Gasteiger partial charge is 0.395 e. The van der Waals surface area contributed by atoms with Gasteiger partial charge < -0.3 is 20.5 Å². The molecule has 1 saturated heterocycles. The Morgan fingerprint density at radius 2 is 2.15 bits per heavy atom. The predicted molar refractivity (Wildman–Crippen MR) is 109 cm³/mol. The second kappa shape index (κ2) is 8.64. The molecule has 144 valence electrons. The molecule has 9 heteroatoms. The van der Waals surface area contributed by atoms with Crippen molar-refractivity contribution in [3.63, 3.8) is 0 Å². The topological polar surface area (TPSA) is 106 Å². The van der Waals surface area contributed by atoms with Gasteiger partial charge in [0, 0.05) is 23.8 Å². The van der Waals surface area contributed by atoms with Gasteiger partial charge in [0.25, 0.3) is 5.56 Å². The fourth-order valence-corrected chi connectivity index (χ4v) is 3.38. The maximum Gasteiger partial charge on any atom is 0.265 e. The summed E-state index contributed by atoms with van der Waals surface area (Å²) in [6.45, 7) is 4.24. The number of ether oxygens (including phenoxy) is 1. The average molecular weight is 436 g/mol. The van der Waals surface area contributed by atoms with Crippen LogP contribution in [0.15, 0.2) is 32.5 Å². The van der Waals surface area contributed by atoms with Gasteiger partial charge in [0.15, 0.2) is 0 Å². The number of aliphatic imine (C=N–C) groups is 1. The molecule has 3 rings (SSSR count). The number of aryl methyl sites for hydroxylation is 1. The van der Waals surface area contributed by atoms with Crippen LogP contribution in [0.4, 0.5) is 17.5 Å². The van der Waals surface area contributed by atoms with Crippen molar-refractivity contribution in [2.24, 2.45) is 4.99 Å². The van der Waals surface area contributed by atoms with E-state index in [4.69, 9.17) is 10.5 Å². The Labute approximate surface area is 165 Å². The number of anilines is 2. The number of aliphatic hydroxyl groups is 1. The molecule has 1 aliphatic heterocycles. The highest BCUT2D eigenvalue weighted by Gasteiger charge is 2.20. The van der Waals surface area contributed by atoms with E-state index in [9.17, 15) is 9.90 Å². The maximum atomic E-state index is 13.0. The van der Waals surface area contributed by atoms with Crippen LogP contribution < -0.4 is 16.2 Å². The van der Waals surface area contributed by atoms with Gasteiger partial charge in [-0.05, 0) is 30.7 Å². The fourth-order valence-electron chi connectivity index (χ4n) is 2.90. The summed E-state index contributed by atoms with van der Waals surface area (Å²) in [5.74, 6) is 0.570. The molecule has 0 spiro atoms. The molecular formula is C18H22BrN5O3. The van der Waals surface area contributed by atoms with Crippen LogP contribution in [-0.4, -0.2) is 53.8 Å². The van der Waals surface area contributed by atoms with Crippen molar-refractivity contribution in [1.29, 1.82) is 0 Å². The number of nitrogen functional groups attached to an aromatic ring is 1. The van der Waals surface area contributed by atoms with E-state index in [-0.39, 0.29) is 30.1 Å². The minimum atomic E-state index is -0.323. The Bertz CT molecular complexity index is 907. The molecule has 1 aliphatic rings. The zero-order chi connectivity index (χ0) is 19.4. The summed E-state index contributed by atoms with van der Waals surface area (Å²) in [5.41, 5.74) is 7.67. The molecule has 1 aromatic carbocycles. The summed E-state index contributed by atoms with van der Waals surface area (Å²) in [4.78, 5) is 23.8. The summed E-state index contributed by atoms with van der Waals surface area (Å²) < 4.78 is 7.75. The number of halogens is 1. The Hall–Kier alpha value is -2.23. The highest BCUT2D eigenvalue weighted by Crippen LogP contribution is 2.23. The summed E-state index contributed by atoms with van der Waals surface area (Å²) in [5, 5.41) is 9.40. The molecule has 0 radical (unpaired) electrons. The molecule has 0 aliphatic carbocycles. The molecule has 2 aromatic rings. The Morgan fingerprint density at radius 1 is 1.41 bits per heavy atom. The van der Waals surface area contributed by atoms with Gasteiger partial charge in [0.1, 0.15) is 11.4 Å². The molecule has 0 atom stereocenters. The van der Waals surface area contributed by atoms with E-state index < -0.39 is 0 Å². The number of hydrogen-bond acceptors (Lipinski definition) is 7. The lowest BCUT2D eigenvalue weighted by Gasteiger charge is -2.29. The van der Waals surface area contributed by atoms with Crippen molar-refractivity contribution in [3.05, 3.63) is 44.2 Å². The van der Waals surface area contributed by atoms with E-state index in [1.807, 2.05) is 30.0 Å². The van der Waals surface area contributed by atoms with Gasteiger partial charge in [0.05, 0.1) is 32.1 Å². The van der Waals surface area contributed by atoms with Crippen molar-refractivity contribution < 1.29 is 9.84 Å². The maximum absolute atomic E-state index is 13.0. The minimum Gasteiger partial charge on any atom is -0.395 e. The molecule has 3 N–H and O–H groups in total. The van der Waals surface area contributed by atoms with Crippen LogP contribution in [-0.2, 0) is 11.3 Å². The molecule has 2 heterocycles. The zero-order valence-electron chi connectivity index (χ0n) is 15.1. The summed E-state index contributed by atoms with van der Waals surface area (Å²) in [6, 6.07) is 5.68. The van der Waals surface area contributed by atoms with E-state index in [1.54, 1.807) is 0 Å². The Morgan fingerprint density at radius 3 is 2.81 bits per heavy atom. The number of nitrogens with zero attached hydrogens (tertiary/aromatic N) is 4. The standard InChI is InChI=1S/C18H22BrN5O3/c1-12-10-13(19)2-3-15(12)21-11-14-16(20)22-18(23-5-8-27-9-6-23)24(4-7-25)17(14)26/h2-3,10-11,25H,4-9,20H2,1H3. The highest BCUT2D eigenvalue weighted by atomic mass is 79.9. The first kappa shape index (κ1) is 19.5. The molecule has 0 bridgehead atoms. The van der Waals surface area contributed by atoms with Crippen LogP contribution in [0.25, 0.3) is 0 Å². The molecule has 27 heavy (non-hydrogen) atoms. The van der Waals surface area contributed by atoms with Gasteiger partial charge >= 0.3 is 0 Å². The lowest BCUT2D eigenvalue weighted by molar-refractivity contribution is 0.121. The lowest BCUT2D eigenvalue weighted by Crippen LogP contribution is -2.42. The van der Waals surface area contributed by atoms with Gasteiger partial charge in [0.2, 0.25) is 5.95 Å². The lowest BCUT2D eigenvalue weighted by atomic mass is 10.2. The summed E-state index contributed by atoms with van der Waals surface area (Å²) in [7, 11) is 0. The second-order valence-electron chi connectivity index (χ2n) is 6.18. The third kappa shape index (κ3) is 4.37. The van der Waals surface area contributed by atoms with Gasteiger partial charge in [-0.3, -0.25) is 14.4 Å².